The van der Waals surface area contributed by atoms with Gasteiger partial charge in [-0.1, -0.05) is 0 Å². The highest BCUT2D eigenvalue weighted by Gasteiger charge is 2.05. The van der Waals surface area contributed by atoms with Crippen molar-refractivity contribution in [1.29, 1.82) is 0 Å². The van der Waals surface area contributed by atoms with Crippen molar-refractivity contribution in [3.8, 4) is 0 Å². The van der Waals surface area contributed by atoms with Crippen LogP contribution in [-0.2, 0) is 10.1 Å². The van der Waals surface area contributed by atoms with Crippen molar-refractivity contribution < 1.29 is 18.7 Å². The summed E-state index contributed by atoms with van der Waals surface area (Å²) in [7, 11) is -2.76. The van der Waals surface area contributed by atoms with Gasteiger partial charge in [-0.2, -0.15) is 0 Å². The number of quaternary nitrogens is 1. The minimum absolute atomic E-state index is 0.0841. The fraction of sp³-hybridized carbons (Fsp3) is 0.143. The Hall–Kier alpha value is -1.31. The Kier molecular flexibility index (Phi) is 4.35. The first-order chi connectivity index (χ1) is 6.41. The topological polar surface area (TPSA) is 137 Å². The van der Waals surface area contributed by atoms with Gasteiger partial charge in [0.2, 0.25) is 0 Å². The van der Waals surface area contributed by atoms with Gasteiger partial charge in [-0.3, -0.25) is 0 Å². The Morgan fingerprint density at radius 1 is 1.29 bits per heavy atom. The first kappa shape index (κ1) is 12.7. The van der Waals surface area contributed by atoms with E-state index in [2.05, 4.69) is 5.73 Å². The number of anilines is 2. The van der Waals surface area contributed by atoms with E-state index in [1.165, 1.54) is 12.1 Å². The monoisotopic (exact) mass is 219 g/mol. The standard InChI is InChI=1S/C6H8N2O3S.CH5N/c7-4-1-2-5(8)6(3-4)12(9,10)11;1-2/h1-3H,7-8H2,(H,9,10,11);2H2,1H3. The summed E-state index contributed by atoms with van der Waals surface area (Å²) in [5.74, 6) is 0. The third kappa shape index (κ3) is 3.21. The van der Waals surface area contributed by atoms with E-state index in [0.29, 0.717) is 0 Å². The zero-order valence-electron chi connectivity index (χ0n) is 7.73. The normalized spacial score (nSPS) is 10.2. The van der Waals surface area contributed by atoms with E-state index >= 15 is 0 Å². The van der Waals surface area contributed by atoms with Crippen LogP contribution in [0.15, 0.2) is 23.1 Å². The van der Waals surface area contributed by atoms with E-state index in [1.54, 1.807) is 7.05 Å². The minimum Gasteiger partial charge on any atom is -0.744 e. The molecule has 6 nitrogen and oxygen atoms in total. The molecule has 0 aromatic heterocycles. The molecule has 80 valence electrons. The SMILES string of the molecule is C[NH3+].Nc1ccc(N)c(S(=O)(=O)[O-])c1. The van der Waals surface area contributed by atoms with Crippen molar-refractivity contribution in [2.75, 3.05) is 18.5 Å². The predicted octanol–water partition coefficient (Wildman–Crippen LogP) is -1.39. The van der Waals surface area contributed by atoms with Gasteiger partial charge in [-0.25, -0.2) is 8.42 Å². The molecule has 0 amide bonds. The molecule has 0 heterocycles. The maximum Gasteiger partial charge on any atom is 0.126 e. The summed E-state index contributed by atoms with van der Waals surface area (Å²) in [6, 6.07) is 3.74. The largest absolute Gasteiger partial charge is 0.744 e. The Morgan fingerprint density at radius 2 is 1.79 bits per heavy atom. The Balaban J connectivity index is 0.000000791. The lowest BCUT2D eigenvalue weighted by Crippen LogP contribution is -2.40. The van der Waals surface area contributed by atoms with Crippen LogP contribution in [0.3, 0.4) is 0 Å². The lowest BCUT2D eigenvalue weighted by atomic mass is 10.3. The van der Waals surface area contributed by atoms with Gasteiger partial charge in [0, 0.05) is 11.4 Å². The van der Waals surface area contributed by atoms with Gasteiger partial charge in [0.15, 0.2) is 0 Å². The molecule has 0 radical (unpaired) electrons. The van der Waals surface area contributed by atoms with Gasteiger partial charge in [0.25, 0.3) is 0 Å². The van der Waals surface area contributed by atoms with Gasteiger partial charge in [0.05, 0.1) is 11.9 Å². The van der Waals surface area contributed by atoms with E-state index in [0.717, 1.165) is 6.07 Å². The molecule has 0 aliphatic heterocycles. The van der Waals surface area contributed by atoms with Crippen molar-refractivity contribution in [1.82, 2.24) is 0 Å². The van der Waals surface area contributed by atoms with Crippen LogP contribution in [0.5, 0.6) is 0 Å². The first-order valence-electron chi connectivity index (χ1n) is 3.73. The molecule has 7 N–H and O–H groups in total. The van der Waals surface area contributed by atoms with Crippen molar-refractivity contribution in [2.45, 2.75) is 4.90 Å². The third-order valence-electron chi connectivity index (χ3n) is 1.31. The smallest absolute Gasteiger partial charge is 0.126 e. The fourth-order valence-corrected chi connectivity index (χ4v) is 1.40. The molecule has 0 aliphatic carbocycles. The Bertz CT molecular complexity index is 403. The molecule has 1 aromatic carbocycles. The number of hydrogen-bond donors (Lipinski definition) is 3. The summed E-state index contributed by atoms with van der Waals surface area (Å²) in [6.45, 7) is 0. The second kappa shape index (κ2) is 4.80. The molecule has 0 saturated heterocycles. The molecular formula is C7H13N3O3S. The van der Waals surface area contributed by atoms with E-state index in [1.807, 2.05) is 0 Å². The second-order valence-electron chi connectivity index (χ2n) is 2.25. The molecule has 1 aromatic rings. The van der Waals surface area contributed by atoms with Crippen molar-refractivity contribution in [3.05, 3.63) is 18.2 Å². The number of benzene rings is 1. The quantitative estimate of drug-likeness (QED) is 0.394. The molecule has 0 fully saturated rings. The van der Waals surface area contributed by atoms with Gasteiger partial charge in [-0.05, 0) is 18.2 Å². The second-order valence-corrected chi connectivity index (χ2v) is 3.60. The van der Waals surface area contributed by atoms with Crippen molar-refractivity contribution in [3.63, 3.8) is 0 Å². The van der Waals surface area contributed by atoms with E-state index in [-0.39, 0.29) is 11.4 Å². The van der Waals surface area contributed by atoms with Crippen LogP contribution in [-0.4, -0.2) is 20.0 Å². The zero-order valence-corrected chi connectivity index (χ0v) is 8.54. The highest BCUT2D eigenvalue weighted by molar-refractivity contribution is 7.86. The summed E-state index contributed by atoms with van der Waals surface area (Å²) in [4.78, 5) is -0.470. The average Bonchev–Trinajstić information content (AvgIpc) is 2.11. The Morgan fingerprint density at radius 3 is 2.14 bits per heavy atom. The first-order valence-corrected chi connectivity index (χ1v) is 5.13. The summed E-state index contributed by atoms with van der Waals surface area (Å²) in [5, 5.41) is 0. The highest BCUT2D eigenvalue weighted by Crippen LogP contribution is 2.20. The number of nitrogen functional groups attached to an aromatic ring is 2. The minimum atomic E-state index is -4.51. The van der Waals surface area contributed by atoms with Crippen LogP contribution < -0.4 is 17.2 Å². The lowest BCUT2D eigenvalue weighted by molar-refractivity contribution is -0.325. The summed E-state index contributed by atoms with van der Waals surface area (Å²) in [5.41, 5.74) is 13.9. The molecular weight excluding hydrogens is 206 g/mol. The number of hydrogen-bond acceptors (Lipinski definition) is 5. The molecule has 14 heavy (non-hydrogen) atoms. The van der Waals surface area contributed by atoms with E-state index in [9.17, 15) is 13.0 Å². The average molecular weight is 219 g/mol. The molecule has 0 spiro atoms. The molecule has 0 bridgehead atoms. The van der Waals surface area contributed by atoms with E-state index < -0.39 is 15.0 Å². The molecule has 7 heteroatoms. The molecule has 1 rings (SSSR count). The molecule has 0 atom stereocenters. The van der Waals surface area contributed by atoms with Crippen molar-refractivity contribution in [2.24, 2.45) is 0 Å². The Labute approximate surface area is 82.5 Å². The van der Waals surface area contributed by atoms with Crippen LogP contribution in [0.25, 0.3) is 0 Å². The van der Waals surface area contributed by atoms with Crippen LogP contribution >= 0.6 is 0 Å². The van der Waals surface area contributed by atoms with Gasteiger partial charge in [-0.15, -0.1) is 0 Å². The number of rotatable bonds is 1. The van der Waals surface area contributed by atoms with Crippen LogP contribution in [0.1, 0.15) is 0 Å². The third-order valence-corrected chi connectivity index (χ3v) is 2.20. The highest BCUT2D eigenvalue weighted by atomic mass is 32.2. The lowest BCUT2D eigenvalue weighted by Gasteiger charge is -2.09. The summed E-state index contributed by atoms with van der Waals surface area (Å²) in [6.07, 6.45) is 0. The zero-order chi connectivity index (χ0) is 11.4. The number of nitrogens with two attached hydrogens (primary N) is 2. The maximum atomic E-state index is 10.5. The van der Waals surface area contributed by atoms with E-state index in [4.69, 9.17) is 11.5 Å². The van der Waals surface area contributed by atoms with Crippen LogP contribution in [0.4, 0.5) is 11.4 Å². The molecule has 0 saturated carbocycles. The molecule has 0 aliphatic rings. The predicted molar refractivity (Wildman–Crippen MR) is 52.0 cm³/mol. The van der Waals surface area contributed by atoms with Gasteiger partial charge in [0.1, 0.15) is 10.1 Å². The fourth-order valence-electron chi connectivity index (χ4n) is 0.767. The van der Waals surface area contributed by atoms with Crippen LogP contribution in [0, 0.1) is 0 Å². The van der Waals surface area contributed by atoms with Crippen LogP contribution in [0.2, 0.25) is 0 Å². The summed E-state index contributed by atoms with van der Waals surface area (Å²) < 4.78 is 31.5. The summed E-state index contributed by atoms with van der Waals surface area (Å²) >= 11 is 0. The van der Waals surface area contributed by atoms with Gasteiger partial charge >= 0.3 is 0 Å². The maximum absolute atomic E-state index is 10.5. The van der Waals surface area contributed by atoms with Crippen molar-refractivity contribution >= 4 is 21.5 Å². The molecule has 0 unspecified atom stereocenters. The van der Waals surface area contributed by atoms with Gasteiger partial charge < -0.3 is 21.8 Å².